The van der Waals surface area contributed by atoms with E-state index in [1.807, 2.05) is 74.1 Å². The molecule has 2 saturated carbocycles. The van der Waals surface area contributed by atoms with Crippen molar-refractivity contribution in [2.24, 2.45) is 0 Å². The highest BCUT2D eigenvalue weighted by atomic mass is 32.2. The normalized spacial score (nSPS) is 21.6. The van der Waals surface area contributed by atoms with Gasteiger partial charge in [-0.2, -0.15) is 0 Å². The largest absolute Gasteiger partial charge is 0.361 e. The Labute approximate surface area is 530 Å². The number of rotatable bonds is 13. The van der Waals surface area contributed by atoms with Gasteiger partial charge in [0.05, 0.1) is 5.25 Å². The monoisotopic (exact) mass is 1310 g/mol. The topological polar surface area (TPSA) is 161 Å². The van der Waals surface area contributed by atoms with Gasteiger partial charge >= 0.3 is 0 Å². The van der Waals surface area contributed by atoms with Crippen molar-refractivity contribution in [2.45, 2.75) is 157 Å². The van der Waals surface area contributed by atoms with Crippen LogP contribution in [0.25, 0.3) is 43.6 Å². The van der Waals surface area contributed by atoms with Gasteiger partial charge in [0.15, 0.2) is 0 Å². The van der Waals surface area contributed by atoms with E-state index in [1.165, 1.54) is 64.7 Å². The lowest BCUT2D eigenvalue weighted by atomic mass is 9.90. The van der Waals surface area contributed by atoms with Crippen LogP contribution in [0.3, 0.4) is 0 Å². The first-order valence-electron chi connectivity index (χ1n) is 32.4. The minimum Gasteiger partial charge on any atom is -0.361 e. The van der Waals surface area contributed by atoms with Crippen LogP contribution in [0.5, 0.6) is 0 Å². The zero-order chi connectivity index (χ0) is 63.7. The molecule has 0 radical (unpaired) electrons. The van der Waals surface area contributed by atoms with Gasteiger partial charge in [-0.25, -0.2) is 43.2 Å². The summed E-state index contributed by atoms with van der Waals surface area (Å²) in [6.07, 6.45) is 22.2. The van der Waals surface area contributed by atoms with Crippen LogP contribution >= 0.6 is 0 Å². The highest BCUT2D eigenvalue weighted by molar-refractivity contribution is 7.99. The van der Waals surface area contributed by atoms with Gasteiger partial charge in [0.1, 0.15) is 23.3 Å². The van der Waals surface area contributed by atoms with Gasteiger partial charge in [-0.05, 0) is 220 Å². The molecule has 488 valence electrons. The molecule has 8 heterocycles. The second kappa shape index (κ2) is 27.7. The summed E-state index contributed by atoms with van der Waals surface area (Å²) in [6.45, 7) is 12.1. The van der Waals surface area contributed by atoms with Crippen LogP contribution in [-0.2, 0) is 39.1 Å². The number of hydrogen-bond donors (Lipinski definition) is 4. The van der Waals surface area contributed by atoms with Gasteiger partial charge in [0.2, 0.25) is 10.0 Å². The van der Waals surface area contributed by atoms with E-state index >= 15 is 0 Å². The lowest BCUT2D eigenvalue weighted by Gasteiger charge is -2.35. The smallest absolute Gasteiger partial charge is 0.216 e. The Morgan fingerprint density at radius 2 is 0.744 bits per heavy atom. The van der Waals surface area contributed by atoms with Crippen LogP contribution in [0.4, 0.5) is 17.6 Å². The van der Waals surface area contributed by atoms with Crippen LogP contribution in [-0.4, -0.2) is 150 Å². The molecule has 4 aromatic carbocycles. The molecule has 90 heavy (non-hydrogen) atoms. The number of benzene rings is 4. The van der Waals surface area contributed by atoms with Crippen molar-refractivity contribution in [3.8, 4) is 0 Å². The zero-order valence-corrected chi connectivity index (χ0v) is 55.6. The molecule has 3 unspecified atom stereocenters. The first-order chi connectivity index (χ1) is 43.0. The first-order valence-corrected chi connectivity index (χ1v) is 39.2. The summed E-state index contributed by atoms with van der Waals surface area (Å²) >= 11 is 0. The molecule has 8 aromatic rings. The number of aromatic nitrogens is 4. The SMILES string of the molecule is C=S(=O)(C(C)C)N1CCC(c2c[nH]c3cc(F)ccc23)CC1.C=S(=O)(C1CC1)N1CCC(c2c[nH]c3cc(F)ccc23)CC1.C=S(=O)(CCC)N1CCC(c2c[nH]c3cc(F)ccc23)CC1.O=S(=O)(C1CCCC1)N1CCC(c2c[nH]c3cc(F)ccc23)CC1. The third-order valence-corrected chi connectivity index (χ3v) is 30.2. The third kappa shape index (κ3) is 14.5. The summed E-state index contributed by atoms with van der Waals surface area (Å²) in [5.74, 6) is 13.3. The lowest BCUT2D eigenvalue weighted by molar-refractivity contribution is 0.316. The number of H-pyrrole nitrogens is 4. The fraction of sp³-hybridized carbons (Fsp3) is 0.493. The third-order valence-electron chi connectivity index (χ3n) is 20.0. The van der Waals surface area contributed by atoms with E-state index in [-0.39, 0.29) is 33.8 Å². The van der Waals surface area contributed by atoms with Gasteiger partial charge in [-0.15, -0.1) is 0 Å². The summed E-state index contributed by atoms with van der Waals surface area (Å²) in [4.78, 5) is 12.6. The highest BCUT2D eigenvalue weighted by Crippen LogP contribution is 2.41. The number of sulfonamides is 1. The van der Waals surface area contributed by atoms with Crippen molar-refractivity contribution >= 4 is 100 Å². The van der Waals surface area contributed by atoms with Gasteiger partial charge in [-0.1, -0.05) is 33.6 Å². The van der Waals surface area contributed by atoms with Crippen LogP contribution in [0.2, 0.25) is 0 Å². The molecule has 6 aliphatic rings. The Bertz CT molecular complexity index is 4120. The Hall–Kier alpha value is -5.39. The average molecular weight is 1320 g/mol. The maximum atomic E-state index is 13.3. The summed E-state index contributed by atoms with van der Waals surface area (Å²) in [7, 11) is -9.44. The molecule has 14 rings (SSSR count). The quantitative estimate of drug-likeness (QED) is 0.0667. The molecule has 4 aliphatic heterocycles. The van der Waals surface area contributed by atoms with E-state index in [9.17, 15) is 38.6 Å². The standard InChI is InChI=1S/C18H23FN2O2S.C17H21FN2OS.2C17H23FN2OS/c19-14-5-6-16-17(12-20-18(16)11-14)13-7-9-21(10-8-13)24(22,23)15-3-1-2-4-15;1-22(21,14-3-4-14)20-8-6-12(7-9-20)16-11-19-17-10-13(18)2-5-15(16)17;1-12(2)22(3,21)20-8-6-13(7-9-20)16-11-19-17-10-14(18)4-5-15(16)17;1-3-10-22(2,21)20-8-6-13(7-9-20)16-12-19-17-11-14(18)4-5-15(16)17/h5-6,11-13,15,20H,1-4,7-10H2;2,5,10-12,14,19H,1,3-4,6-9H2;4-5,10-13,19H,3,6-9H2,1-2H3;4-5,11-13,19H,2-3,6-10H2,1H3. The predicted octanol–water partition coefficient (Wildman–Crippen LogP) is 14.1. The van der Waals surface area contributed by atoms with Gasteiger partial charge < -0.3 is 19.9 Å². The van der Waals surface area contributed by atoms with Crippen molar-refractivity contribution in [3.63, 3.8) is 0 Å². The number of nitrogens with one attached hydrogen (secondary N) is 4. The predicted molar refractivity (Wildman–Crippen MR) is 368 cm³/mol. The second-order valence-electron chi connectivity index (χ2n) is 26.1. The molecule has 4 N–H and O–H groups in total. The Morgan fingerprint density at radius 1 is 0.433 bits per heavy atom. The van der Waals surface area contributed by atoms with Gasteiger partial charge in [0.25, 0.3) is 0 Å². The molecule has 4 saturated heterocycles. The van der Waals surface area contributed by atoms with Gasteiger partial charge in [0, 0.05) is 166 Å². The highest BCUT2D eigenvalue weighted by Gasteiger charge is 2.39. The lowest BCUT2D eigenvalue weighted by Crippen LogP contribution is -2.42. The molecule has 3 atom stereocenters. The maximum Gasteiger partial charge on any atom is 0.216 e. The number of aromatic amines is 4. The Morgan fingerprint density at radius 3 is 1.06 bits per heavy atom. The molecular formula is C69H90F4N8O5S4. The molecule has 21 heteroatoms. The van der Waals surface area contributed by atoms with Crippen molar-refractivity contribution in [3.05, 3.63) is 143 Å². The van der Waals surface area contributed by atoms with E-state index in [0.717, 1.165) is 179 Å². The molecule has 0 bridgehead atoms. The fourth-order valence-electron chi connectivity index (χ4n) is 14.5. The summed E-state index contributed by atoms with van der Waals surface area (Å²) in [5.41, 5.74) is 8.31. The van der Waals surface area contributed by atoms with Crippen LogP contribution in [0, 0.1) is 23.3 Å². The maximum absolute atomic E-state index is 13.3. The molecule has 0 spiro atoms. The summed E-state index contributed by atoms with van der Waals surface area (Å²) < 4.78 is 124. The van der Waals surface area contributed by atoms with E-state index in [4.69, 9.17) is 0 Å². The number of hydrogen-bond acceptors (Lipinski definition) is 5. The van der Waals surface area contributed by atoms with Gasteiger partial charge in [-0.3, -0.25) is 12.6 Å². The first kappa shape index (κ1) is 66.1. The number of halogens is 4. The summed E-state index contributed by atoms with van der Waals surface area (Å²) in [6, 6.07) is 19.5. The van der Waals surface area contributed by atoms with E-state index in [1.54, 1.807) is 10.4 Å². The Balaban J connectivity index is 0.000000124. The van der Waals surface area contributed by atoms with E-state index in [2.05, 4.69) is 46.2 Å². The second-order valence-corrected chi connectivity index (χ2v) is 36.2. The van der Waals surface area contributed by atoms with E-state index < -0.39 is 39.1 Å². The molecule has 6 fully saturated rings. The van der Waals surface area contributed by atoms with Crippen molar-refractivity contribution in [2.75, 3.05) is 58.1 Å². The molecule has 2 aliphatic carbocycles. The Kier molecular flexibility index (Phi) is 20.3. The van der Waals surface area contributed by atoms with Crippen molar-refractivity contribution in [1.82, 2.24) is 37.2 Å². The van der Waals surface area contributed by atoms with Crippen molar-refractivity contribution < 1.29 is 38.6 Å². The van der Waals surface area contributed by atoms with Crippen molar-refractivity contribution in [1.29, 1.82) is 0 Å². The molecule has 0 amide bonds. The van der Waals surface area contributed by atoms with Crippen LogP contribution in [0.15, 0.2) is 97.6 Å². The number of fused-ring (bicyclic) bond motifs is 4. The van der Waals surface area contributed by atoms with E-state index in [0.29, 0.717) is 47.8 Å². The minimum atomic E-state index is -3.13. The van der Waals surface area contributed by atoms with Crippen LogP contribution < -0.4 is 0 Å². The molecular weight excluding hydrogens is 1230 g/mol. The minimum absolute atomic E-state index is 0.0695. The summed E-state index contributed by atoms with van der Waals surface area (Å²) in [5, 5.41) is 4.58. The molecule has 13 nitrogen and oxygen atoms in total. The number of piperidine rings is 4. The van der Waals surface area contributed by atoms with Crippen LogP contribution in [0.1, 0.15) is 163 Å². The fourth-order valence-corrected chi connectivity index (χ4v) is 21.9. The number of nitrogens with zero attached hydrogens (tertiary/aromatic N) is 4. The molecule has 4 aromatic heterocycles. The average Bonchev–Trinajstić information content (AvgIpc) is 1.66. The zero-order valence-electron chi connectivity index (χ0n) is 52.3.